The van der Waals surface area contributed by atoms with Crippen LogP contribution < -0.4 is 5.32 Å². The average molecular weight is 344 g/mol. The molecule has 4 heteroatoms. The predicted octanol–water partition coefficient (Wildman–Crippen LogP) is 3.24. The number of hydrogen-bond donors (Lipinski definition) is 1. The molecular formula is C19H38ClN3. The molecule has 0 aromatic rings. The van der Waals surface area contributed by atoms with Gasteiger partial charge in [0.05, 0.1) is 0 Å². The van der Waals surface area contributed by atoms with Gasteiger partial charge in [-0.25, -0.2) is 0 Å². The summed E-state index contributed by atoms with van der Waals surface area (Å²) in [5.74, 6) is 2.84. The summed E-state index contributed by atoms with van der Waals surface area (Å²) in [6.07, 6.45) is 8.63. The van der Waals surface area contributed by atoms with Gasteiger partial charge in [-0.15, -0.1) is 12.4 Å². The lowest BCUT2D eigenvalue weighted by molar-refractivity contribution is 0.0568. The first kappa shape index (κ1) is 19.5. The molecule has 136 valence electrons. The van der Waals surface area contributed by atoms with Crippen molar-refractivity contribution in [3.63, 3.8) is 0 Å². The molecule has 2 saturated heterocycles. The minimum absolute atomic E-state index is 0. The van der Waals surface area contributed by atoms with Gasteiger partial charge in [0.15, 0.2) is 0 Å². The van der Waals surface area contributed by atoms with Crippen molar-refractivity contribution >= 4 is 12.4 Å². The zero-order valence-corrected chi connectivity index (χ0v) is 16.1. The van der Waals surface area contributed by atoms with Crippen molar-refractivity contribution < 1.29 is 0 Å². The summed E-state index contributed by atoms with van der Waals surface area (Å²) in [6.45, 7) is 13.9. The van der Waals surface area contributed by atoms with Gasteiger partial charge in [0.25, 0.3) is 0 Å². The van der Waals surface area contributed by atoms with Crippen LogP contribution in [0.25, 0.3) is 0 Å². The van der Waals surface area contributed by atoms with E-state index in [1.165, 1.54) is 84.3 Å². The summed E-state index contributed by atoms with van der Waals surface area (Å²) in [5, 5.41) is 3.49. The largest absolute Gasteiger partial charge is 0.317 e. The van der Waals surface area contributed by atoms with Crippen LogP contribution in [-0.2, 0) is 0 Å². The molecule has 1 saturated carbocycles. The van der Waals surface area contributed by atoms with Crippen molar-refractivity contribution in [2.45, 2.75) is 58.4 Å². The number of hydrogen-bond acceptors (Lipinski definition) is 3. The molecule has 1 N–H and O–H groups in total. The second-order valence-corrected chi connectivity index (χ2v) is 8.34. The molecular weight excluding hydrogens is 306 g/mol. The summed E-state index contributed by atoms with van der Waals surface area (Å²) < 4.78 is 0. The van der Waals surface area contributed by atoms with Crippen molar-refractivity contribution in [2.24, 2.45) is 17.8 Å². The van der Waals surface area contributed by atoms with Crippen LogP contribution in [0.5, 0.6) is 0 Å². The lowest BCUT2D eigenvalue weighted by Gasteiger charge is -2.43. The zero-order valence-electron chi connectivity index (χ0n) is 15.3. The van der Waals surface area contributed by atoms with E-state index >= 15 is 0 Å². The minimum Gasteiger partial charge on any atom is -0.317 e. The Balaban J connectivity index is 0.00000192. The summed E-state index contributed by atoms with van der Waals surface area (Å²) in [4.78, 5) is 5.56. The van der Waals surface area contributed by atoms with Crippen molar-refractivity contribution in [3.05, 3.63) is 0 Å². The van der Waals surface area contributed by atoms with Gasteiger partial charge in [-0.05, 0) is 69.4 Å². The van der Waals surface area contributed by atoms with Crippen molar-refractivity contribution in [1.29, 1.82) is 0 Å². The third-order valence-electron chi connectivity index (χ3n) is 6.58. The highest BCUT2D eigenvalue weighted by Gasteiger charge is 2.29. The Hall–Kier alpha value is 0.170. The first-order chi connectivity index (χ1) is 10.7. The Labute approximate surface area is 150 Å². The second-order valence-electron chi connectivity index (χ2n) is 8.34. The van der Waals surface area contributed by atoms with Gasteiger partial charge in [-0.3, -0.25) is 4.90 Å². The number of rotatable bonds is 4. The Morgan fingerprint density at radius 1 is 0.870 bits per heavy atom. The van der Waals surface area contributed by atoms with Crippen LogP contribution in [-0.4, -0.2) is 61.7 Å². The van der Waals surface area contributed by atoms with E-state index in [1.54, 1.807) is 0 Å². The molecule has 3 aliphatic rings. The second kappa shape index (κ2) is 9.60. The summed E-state index contributed by atoms with van der Waals surface area (Å²) in [5.41, 5.74) is 0. The molecule has 0 atom stereocenters. The zero-order chi connectivity index (χ0) is 15.4. The molecule has 0 aromatic carbocycles. The SMILES string of the molecule is CC(C)C1CCC(N2CCN(CC3CCNCC3)CC2)CC1.Cl. The highest BCUT2D eigenvalue weighted by molar-refractivity contribution is 5.85. The van der Waals surface area contributed by atoms with Crippen LogP contribution in [0.1, 0.15) is 52.4 Å². The average Bonchev–Trinajstić information content (AvgIpc) is 2.57. The Kier molecular flexibility index (Phi) is 8.14. The molecule has 23 heavy (non-hydrogen) atoms. The van der Waals surface area contributed by atoms with Crippen LogP contribution in [0.4, 0.5) is 0 Å². The Morgan fingerprint density at radius 2 is 1.48 bits per heavy atom. The van der Waals surface area contributed by atoms with Crippen LogP contribution in [0.15, 0.2) is 0 Å². The Bertz CT molecular complexity index is 315. The fraction of sp³-hybridized carbons (Fsp3) is 1.00. The van der Waals surface area contributed by atoms with Gasteiger partial charge < -0.3 is 10.2 Å². The van der Waals surface area contributed by atoms with E-state index in [1.807, 2.05) is 0 Å². The molecule has 3 nitrogen and oxygen atoms in total. The molecule has 3 fully saturated rings. The minimum atomic E-state index is 0. The molecule has 2 heterocycles. The van der Waals surface area contributed by atoms with E-state index in [0.717, 1.165) is 23.8 Å². The predicted molar refractivity (Wildman–Crippen MR) is 101 cm³/mol. The molecule has 0 spiro atoms. The molecule has 3 rings (SSSR count). The van der Waals surface area contributed by atoms with Crippen LogP contribution >= 0.6 is 12.4 Å². The van der Waals surface area contributed by atoms with E-state index in [4.69, 9.17) is 0 Å². The third-order valence-corrected chi connectivity index (χ3v) is 6.58. The number of piperazine rings is 1. The summed E-state index contributed by atoms with van der Waals surface area (Å²) in [6, 6.07) is 0.899. The molecule has 1 aliphatic carbocycles. The van der Waals surface area contributed by atoms with Crippen molar-refractivity contribution in [2.75, 3.05) is 45.8 Å². The van der Waals surface area contributed by atoms with Gasteiger partial charge in [-0.2, -0.15) is 0 Å². The molecule has 0 aromatic heterocycles. The van der Waals surface area contributed by atoms with E-state index in [-0.39, 0.29) is 12.4 Å². The number of piperidine rings is 1. The van der Waals surface area contributed by atoms with E-state index < -0.39 is 0 Å². The maximum absolute atomic E-state index is 3.49. The number of nitrogens with zero attached hydrogens (tertiary/aromatic N) is 2. The first-order valence-corrected chi connectivity index (χ1v) is 9.89. The quantitative estimate of drug-likeness (QED) is 0.845. The third kappa shape index (κ3) is 5.59. The molecule has 0 amide bonds. The molecule has 0 radical (unpaired) electrons. The number of halogens is 1. The fourth-order valence-electron chi connectivity index (χ4n) is 4.87. The first-order valence-electron chi connectivity index (χ1n) is 9.89. The Morgan fingerprint density at radius 3 is 2.04 bits per heavy atom. The maximum Gasteiger partial charge on any atom is 0.0113 e. The number of nitrogens with one attached hydrogen (secondary N) is 1. The molecule has 2 aliphatic heterocycles. The highest BCUT2D eigenvalue weighted by Crippen LogP contribution is 2.32. The standard InChI is InChI=1S/C19H37N3.ClH/c1-16(2)18-3-5-19(6-4-18)22-13-11-21(12-14-22)15-17-7-9-20-10-8-17;/h16-20H,3-15H2,1-2H3;1H. The van der Waals surface area contributed by atoms with Crippen LogP contribution in [0.2, 0.25) is 0 Å². The lowest BCUT2D eigenvalue weighted by atomic mass is 9.79. The summed E-state index contributed by atoms with van der Waals surface area (Å²) >= 11 is 0. The van der Waals surface area contributed by atoms with Crippen LogP contribution in [0, 0.1) is 17.8 Å². The smallest absolute Gasteiger partial charge is 0.0113 e. The van der Waals surface area contributed by atoms with E-state index in [0.29, 0.717) is 0 Å². The topological polar surface area (TPSA) is 18.5 Å². The van der Waals surface area contributed by atoms with E-state index in [2.05, 4.69) is 29.0 Å². The van der Waals surface area contributed by atoms with Crippen molar-refractivity contribution in [1.82, 2.24) is 15.1 Å². The van der Waals surface area contributed by atoms with Gasteiger partial charge in [0.1, 0.15) is 0 Å². The molecule has 0 unspecified atom stereocenters. The fourth-order valence-corrected chi connectivity index (χ4v) is 4.87. The lowest BCUT2D eigenvalue weighted by Crippen LogP contribution is -2.52. The summed E-state index contributed by atoms with van der Waals surface area (Å²) in [7, 11) is 0. The maximum atomic E-state index is 3.49. The van der Waals surface area contributed by atoms with Gasteiger partial charge >= 0.3 is 0 Å². The van der Waals surface area contributed by atoms with E-state index in [9.17, 15) is 0 Å². The normalized spacial score (nSPS) is 32.0. The van der Waals surface area contributed by atoms with Crippen molar-refractivity contribution in [3.8, 4) is 0 Å². The monoisotopic (exact) mass is 343 g/mol. The highest BCUT2D eigenvalue weighted by atomic mass is 35.5. The van der Waals surface area contributed by atoms with Gasteiger partial charge in [-0.1, -0.05) is 13.8 Å². The van der Waals surface area contributed by atoms with Crippen LogP contribution in [0.3, 0.4) is 0 Å². The van der Waals surface area contributed by atoms with Gasteiger partial charge in [0, 0.05) is 38.8 Å². The van der Waals surface area contributed by atoms with Gasteiger partial charge in [0.2, 0.25) is 0 Å². The molecule has 0 bridgehead atoms.